The van der Waals surface area contributed by atoms with Crippen molar-refractivity contribution in [3.8, 4) is 17.2 Å². The second-order valence-electron chi connectivity index (χ2n) is 5.90. The Morgan fingerprint density at radius 2 is 1.85 bits per heavy atom. The van der Waals surface area contributed by atoms with Gasteiger partial charge in [-0.2, -0.15) is 0 Å². The maximum atomic E-state index is 11.8. The minimum Gasteiger partial charge on any atom is -0.482 e. The summed E-state index contributed by atoms with van der Waals surface area (Å²) in [6, 6.07) is 14.2. The molecule has 0 aliphatic rings. The lowest BCUT2D eigenvalue weighted by atomic mass is 10.1. The first-order valence-electron chi connectivity index (χ1n) is 8.30. The van der Waals surface area contributed by atoms with Gasteiger partial charge in [-0.25, -0.2) is 4.79 Å². The lowest BCUT2D eigenvalue weighted by Crippen LogP contribution is -2.14. The molecule has 0 fully saturated rings. The van der Waals surface area contributed by atoms with Crippen LogP contribution in [-0.4, -0.2) is 28.6 Å². The van der Waals surface area contributed by atoms with Gasteiger partial charge >= 0.3 is 5.97 Å². The summed E-state index contributed by atoms with van der Waals surface area (Å²) in [4.78, 5) is 23.0. The Hall–Kier alpha value is -3.48. The minimum absolute atomic E-state index is 0.0365. The molecule has 0 N–H and O–H groups in total. The maximum Gasteiger partial charge on any atom is 0.344 e. The van der Waals surface area contributed by atoms with Gasteiger partial charge in [0.05, 0.1) is 0 Å². The lowest BCUT2D eigenvalue weighted by Gasteiger charge is -2.06. The number of carbonyl (C=O) groups is 2. The summed E-state index contributed by atoms with van der Waals surface area (Å²) in [6.07, 6.45) is 0. The highest BCUT2D eigenvalue weighted by molar-refractivity contribution is 5.94. The van der Waals surface area contributed by atoms with Crippen molar-refractivity contribution in [2.75, 3.05) is 6.61 Å². The SMILES string of the molecule is CC(=O)c1ccc(OCC(=O)OCc2nnc(-c3cccc(C)c3)o2)cc1. The number of aromatic nitrogens is 2. The number of nitrogens with zero attached hydrogens (tertiary/aromatic N) is 2. The van der Waals surface area contributed by atoms with Gasteiger partial charge in [0.25, 0.3) is 5.89 Å². The van der Waals surface area contributed by atoms with E-state index in [-0.39, 0.29) is 24.9 Å². The summed E-state index contributed by atoms with van der Waals surface area (Å²) in [5.41, 5.74) is 2.45. The monoisotopic (exact) mass is 366 g/mol. The zero-order chi connectivity index (χ0) is 19.2. The van der Waals surface area contributed by atoms with Gasteiger partial charge < -0.3 is 13.9 Å². The van der Waals surface area contributed by atoms with Crippen molar-refractivity contribution in [3.05, 3.63) is 65.5 Å². The van der Waals surface area contributed by atoms with E-state index in [0.29, 0.717) is 17.2 Å². The fraction of sp³-hybridized carbons (Fsp3) is 0.200. The van der Waals surface area contributed by atoms with Crippen molar-refractivity contribution in [3.63, 3.8) is 0 Å². The second-order valence-corrected chi connectivity index (χ2v) is 5.90. The standard InChI is InChI=1S/C20H18N2O5/c1-13-4-3-5-16(10-13)20-22-21-18(27-20)11-26-19(24)12-25-17-8-6-15(7-9-17)14(2)23/h3-10H,11-12H2,1-2H3. The van der Waals surface area contributed by atoms with Crippen LogP contribution in [0, 0.1) is 6.92 Å². The zero-order valence-electron chi connectivity index (χ0n) is 15.0. The van der Waals surface area contributed by atoms with Gasteiger partial charge in [-0.15, -0.1) is 10.2 Å². The molecular weight excluding hydrogens is 348 g/mol. The Kier molecular flexibility index (Phi) is 5.61. The van der Waals surface area contributed by atoms with E-state index in [0.717, 1.165) is 11.1 Å². The summed E-state index contributed by atoms with van der Waals surface area (Å²) >= 11 is 0. The molecule has 7 heteroatoms. The summed E-state index contributed by atoms with van der Waals surface area (Å²) in [5.74, 6) is 0.431. The van der Waals surface area contributed by atoms with Crippen molar-refractivity contribution < 1.29 is 23.5 Å². The predicted octanol–water partition coefficient (Wildman–Crippen LogP) is 3.37. The van der Waals surface area contributed by atoms with Crippen LogP contribution in [0.2, 0.25) is 0 Å². The topological polar surface area (TPSA) is 91.5 Å². The Bertz CT molecular complexity index is 947. The van der Waals surface area contributed by atoms with E-state index >= 15 is 0 Å². The minimum atomic E-state index is -0.569. The molecule has 0 aliphatic heterocycles. The normalized spacial score (nSPS) is 10.4. The second kappa shape index (κ2) is 8.27. The van der Waals surface area contributed by atoms with E-state index in [1.54, 1.807) is 24.3 Å². The smallest absolute Gasteiger partial charge is 0.344 e. The maximum absolute atomic E-state index is 11.8. The molecule has 3 aromatic rings. The Morgan fingerprint density at radius 3 is 2.56 bits per heavy atom. The highest BCUT2D eigenvalue weighted by Gasteiger charge is 2.12. The first-order chi connectivity index (χ1) is 13.0. The van der Waals surface area contributed by atoms with Crippen molar-refractivity contribution in [1.82, 2.24) is 10.2 Å². The quantitative estimate of drug-likeness (QED) is 0.467. The number of benzene rings is 2. The fourth-order valence-corrected chi connectivity index (χ4v) is 2.32. The van der Waals surface area contributed by atoms with Crippen LogP contribution in [-0.2, 0) is 16.1 Å². The lowest BCUT2D eigenvalue weighted by molar-refractivity contribution is -0.148. The van der Waals surface area contributed by atoms with Gasteiger partial charge in [-0.3, -0.25) is 4.79 Å². The van der Waals surface area contributed by atoms with Crippen molar-refractivity contribution >= 4 is 11.8 Å². The van der Waals surface area contributed by atoms with Crippen LogP contribution in [0.4, 0.5) is 0 Å². The Labute approximate surface area is 155 Å². The molecular formula is C20H18N2O5. The highest BCUT2D eigenvalue weighted by Crippen LogP contribution is 2.19. The summed E-state index contributed by atoms with van der Waals surface area (Å²) in [7, 11) is 0. The number of ether oxygens (including phenoxy) is 2. The molecule has 27 heavy (non-hydrogen) atoms. The molecule has 0 aliphatic carbocycles. The van der Waals surface area contributed by atoms with E-state index in [4.69, 9.17) is 13.9 Å². The van der Waals surface area contributed by atoms with E-state index in [9.17, 15) is 9.59 Å². The zero-order valence-corrected chi connectivity index (χ0v) is 15.0. The van der Waals surface area contributed by atoms with E-state index in [1.165, 1.54) is 6.92 Å². The van der Waals surface area contributed by atoms with Gasteiger partial charge in [0.1, 0.15) is 5.75 Å². The first kappa shape index (κ1) is 18.3. The average Bonchev–Trinajstić information content (AvgIpc) is 3.14. The number of esters is 1. The number of rotatable bonds is 7. The molecule has 2 aromatic carbocycles. The third-order valence-electron chi connectivity index (χ3n) is 3.71. The van der Waals surface area contributed by atoms with E-state index < -0.39 is 5.97 Å². The van der Waals surface area contributed by atoms with E-state index in [1.807, 2.05) is 31.2 Å². The van der Waals surface area contributed by atoms with Crippen LogP contribution >= 0.6 is 0 Å². The molecule has 138 valence electrons. The molecule has 3 rings (SSSR count). The van der Waals surface area contributed by atoms with Crippen LogP contribution < -0.4 is 4.74 Å². The largest absolute Gasteiger partial charge is 0.482 e. The van der Waals surface area contributed by atoms with Gasteiger partial charge in [0.2, 0.25) is 5.89 Å². The highest BCUT2D eigenvalue weighted by atomic mass is 16.6. The van der Waals surface area contributed by atoms with Crippen molar-refractivity contribution in [1.29, 1.82) is 0 Å². The molecule has 0 radical (unpaired) electrons. The van der Waals surface area contributed by atoms with Crippen LogP contribution in [0.1, 0.15) is 28.7 Å². The summed E-state index contributed by atoms with van der Waals surface area (Å²) < 4.78 is 15.9. The fourth-order valence-electron chi connectivity index (χ4n) is 2.32. The van der Waals surface area contributed by atoms with Crippen LogP contribution in [0.5, 0.6) is 5.75 Å². The molecule has 0 bridgehead atoms. The van der Waals surface area contributed by atoms with Crippen LogP contribution in [0.25, 0.3) is 11.5 Å². The molecule has 0 amide bonds. The molecule has 0 atom stereocenters. The summed E-state index contributed by atoms with van der Waals surface area (Å²) in [5, 5.41) is 7.83. The molecule has 0 unspecified atom stereocenters. The van der Waals surface area contributed by atoms with Crippen LogP contribution in [0.15, 0.2) is 52.9 Å². The van der Waals surface area contributed by atoms with Gasteiger partial charge in [0, 0.05) is 11.1 Å². The Balaban J connectivity index is 1.48. The number of aryl methyl sites for hydroxylation is 1. The van der Waals surface area contributed by atoms with Gasteiger partial charge in [-0.05, 0) is 50.2 Å². The van der Waals surface area contributed by atoms with Crippen LogP contribution in [0.3, 0.4) is 0 Å². The number of hydrogen-bond donors (Lipinski definition) is 0. The number of carbonyl (C=O) groups excluding carboxylic acids is 2. The first-order valence-corrected chi connectivity index (χ1v) is 8.30. The number of Topliss-reactive ketones (excluding diaryl/α,β-unsaturated/α-hetero) is 1. The van der Waals surface area contributed by atoms with Gasteiger partial charge in [-0.1, -0.05) is 17.7 Å². The Morgan fingerprint density at radius 1 is 1.07 bits per heavy atom. The third-order valence-corrected chi connectivity index (χ3v) is 3.71. The van der Waals surface area contributed by atoms with E-state index in [2.05, 4.69) is 10.2 Å². The van der Waals surface area contributed by atoms with Gasteiger partial charge in [0.15, 0.2) is 19.0 Å². The van der Waals surface area contributed by atoms with Crippen molar-refractivity contribution in [2.45, 2.75) is 20.5 Å². The molecule has 0 saturated heterocycles. The molecule has 0 saturated carbocycles. The van der Waals surface area contributed by atoms with Crippen molar-refractivity contribution in [2.24, 2.45) is 0 Å². The molecule has 7 nitrogen and oxygen atoms in total. The third kappa shape index (κ3) is 5.01. The predicted molar refractivity (Wildman–Crippen MR) is 96.2 cm³/mol. The molecule has 0 spiro atoms. The molecule has 1 aromatic heterocycles. The number of hydrogen-bond acceptors (Lipinski definition) is 7. The number of ketones is 1. The summed E-state index contributed by atoms with van der Waals surface area (Å²) in [6.45, 7) is 3.05. The molecule has 1 heterocycles. The average molecular weight is 366 g/mol.